The molecule has 11 heteroatoms. The van der Waals surface area contributed by atoms with E-state index < -0.39 is 21.7 Å². The number of hydrogen-bond donors (Lipinski definition) is 0. The first kappa shape index (κ1) is 24.5. The summed E-state index contributed by atoms with van der Waals surface area (Å²) in [7, 11) is -2.22. The van der Waals surface area contributed by atoms with Crippen molar-refractivity contribution in [1.82, 2.24) is 4.57 Å². The fourth-order valence-corrected chi connectivity index (χ4v) is 5.99. The Kier molecular flexibility index (Phi) is 8.16. The number of fused-ring (bicyclic) bond motifs is 1. The predicted octanol–water partition coefficient (Wildman–Crippen LogP) is 3.93. The molecule has 3 aromatic rings. The molecule has 0 radical (unpaired) electrons. The Morgan fingerprint density at radius 1 is 1.19 bits per heavy atom. The molecule has 0 unspecified atom stereocenters. The zero-order valence-corrected chi connectivity index (χ0v) is 20.6. The summed E-state index contributed by atoms with van der Waals surface area (Å²) in [6, 6.07) is 11.7. The number of thiazole rings is 1. The number of thioether (sulfide) groups is 1. The third-order valence-electron chi connectivity index (χ3n) is 4.60. The van der Waals surface area contributed by atoms with Crippen LogP contribution in [-0.2, 0) is 30.7 Å². The van der Waals surface area contributed by atoms with E-state index in [1.807, 2.05) is 24.5 Å². The lowest BCUT2D eigenvalue weighted by Gasteiger charge is -2.05. The molecule has 0 bridgehead atoms. The number of aromatic nitrogens is 1. The van der Waals surface area contributed by atoms with Gasteiger partial charge in [0.2, 0.25) is 5.91 Å². The number of benzene rings is 2. The van der Waals surface area contributed by atoms with Crippen LogP contribution < -0.4 is 4.80 Å². The van der Waals surface area contributed by atoms with E-state index in [1.165, 1.54) is 42.7 Å². The SMILES string of the molecule is COC(=O)Cn1c(=NC(=O)CCCS(=O)(=O)c2ccc(Cl)cc2)sc2cc(SC)ccc21. The fourth-order valence-electron chi connectivity index (χ4n) is 2.95. The van der Waals surface area contributed by atoms with Crippen molar-refractivity contribution in [1.29, 1.82) is 0 Å². The zero-order chi connectivity index (χ0) is 23.3. The van der Waals surface area contributed by atoms with Crippen LogP contribution in [0.1, 0.15) is 12.8 Å². The van der Waals surface area contributed by atoms with Crippen LogP contribution in [0.2, 0.25) is 5.02 Å². The Morgan fingerprint density at radius 2 is 1.91 bits per heavy atom. The summed E-state index contributed by atoms with van der Waals surface area (Å²) < 4.78 is 32.2. The second-order valence-corrected chi connectivity index (χ2v) is 11.2. The van der Waals surface area contributed by atoms with Gasteiger partial charge in [0.15, 0.2) is 14.6 Å². The van der Waals surface area contributed by atoms with Crippen molar-refractivity contribution < 1.29 is 22.7 Å². The lowest BCUT2D eigenvalue weighted by molar-refractivity contribution is -0.141. The largest absolute Gasteiger partial charge is 0.468 e. The molecule has 0 N–H and O–H groups in total. The molecule has 1 aromatic heterocycles. The lowest BCUT2D eigenvalue weighted by atomic mass is 10.3. The van der Waals surface area contributed by atoms with Gasteiger partial charge < -0.3 is 9.30 Å². The molecule has 7 nitrogen and oxygen atoms in total. The van der Waals surface area contributed by atoms with Crippen molar-refractivity contribution >= 4 is 66.6 Å². The molecule has 3 rings (SSSR count). The number of nitrogens with zero attached hydrogens (tertiary/aromatic N) is 2. The van der Waals surface area contributed by atoms with Crippen molar-refractivity contribution in [2.75, 3.05) is 19.1 Å². The van der Waals surface area contributed by atoms with E-state index in [9.17, 15) is 18.0 Å². The summed E-state index contributed by atoms with van der Waals surface area (Å²) in [6.45, 7) is -0.0772. The molecular weight excluding hydrogens is 492 g/mol. The van der Waals surface area contributed by atoms with E-state index in [0.29, 0.717) is 9.82 Å². The van der Waals surface area contributed by atoms with Crippen LogP contribution in [0.3, 0.4) is 0 Å². The average molecular weight is 513 g/mol. The van der Waals surface area contributed by atoms with Crippen molar-refractivity contribution in [3.8, 4) is 0 Å². The Labute approximate surface area is 199 Å². The minimum absolute atomic E-state index is 0.0324. The first-order valence-corrected chi connectivity index (χ1v) is 13.6. The number of carbonyl (C=O) groups is 2. The molecule has 0 aliphatic heterocycles. The molecule has 32 heavy (non-hydrogen) atoms. The molecule has 1 amide bonds. The standard InChI is InChI=1S/C21H21ClN2O5S3/c1-29-20(26)13-24-17-10-7-15(30-2)12-18(17)31-21(24)23-19(25)4-3-11-32(27,28)16-8-5-14(22)6-9-16/h5-10,12H,3-4,11,13H2,1-2H3. The van der Waals surface area contributed by atoms with E-state index in [1.54, 1.807) is 16.3 Å². The van der Waals surface area contributed by atoms with Gasteiger partial charge in [-0.25, -0.2) is 8.42 Å². The van der Waals surface area contributed by atoms with Gasteiger partial charge in [0.25, 0.3) is 0 Å². The summed E-state index contributed by atoms with van der Waals surface area (Å²) in [5.41, 5.74) is 0.773. The average Bonchev–Trinajstić information content (AvgIpc) is 3.09. The van der Waals surface area contributed by atoms with E-state index in [-0.39, 0.29) is 30.0 Å². The van der Waals surface area contributed by atoms with Gasteiger partial charge in [0, 0.05) is 16.3 Å². The first-order chi connectivity index (χ1) is 15.2. The summed E-state index contributed by atoms with van der Waals surface area (Å²) in [6.07, 6.45) is 2.06. The number of sulfone groups is 1. The van der Waals surface area contributed by atoms with Crippen molar-refractivity contribution in [2.24, 2.45) is 4.99 Å². The number of halogens is 1. The number of methoxy groups -OCH3 is 1. The van der Waals surface area contributed by atoms with Crippen molar-refractivity contribution in [3.63, 3.8) is 0 Å². The molecule has 170 valence electrons. The Morgan fingerprint density at radius 3 is 2.56 bits per heavy atom. The molecule has 0 aliphatic rings. The van der Waals surface area contributed by atoms with E-state index in [2.05, 4.69) is 4.99 Å². The Balaban J connectivity index is 1.79. The number of amides is 1. The normalized spacial score (nSPS) is 12.3. The first-order valence-electron chi connectivity index (χ1n) is 9.53. The summed E-state index contributed by atoms with van der Waals surface area (Å²) >= 11 is 8.68. The van der Waals surface area contributed by atoms with Gasteiger partial charge >= 0.3 is 5.97 Å². The molecule has 0 saturated heterocycles. The number of rotatable bonds is 8. The number of esters is 1. The highest BCUT2D eigenvalue weighted by atomic mass is 35.5. The number of ether oxygens (including phenoxy) is 1. The minimum Gasteiger partial charge on any atom is -0.468 e. The highest BCUT2D eigenvalue weighted by Crippen LogP contribution is 2.24. The molecule has 0 spiro atoms. The van der Waals surface area contributed by atoms with Gasteiger partial charge in [-0.2, -0.15) is 4.99 Å². The highest BCUT2D eigenvalue weighted by molar-refractivity contribution is 7.98. The number of carbonyl (C=O) groups excluding carboxylic acids is 2. The van der Waals surface area contributed by atoms with Crippen LogP contribution in [0.4, 0.5) is 0 Å². The maximum absolute atomic E-state index is 12.5. The molecule has 1 heterocycles. The Hall–Kier alpha value is -2.14. The van der Waals surface area contributed by atoms with Crippen LogP contribution >= 0.6 is 34.7 Å². The molecule has 0 fully saturated rings. The van der Waals surface area contributed by atoms with Gasteiger partial charge in [0.05, 0.1) is 28.0 Å². The van der Waals surface area contributed by atoms with Crippen LogP contribution in [0, 0.1) is 0 Å². The lowest BCUT2D eigenvalue weighted by Crippen LogP contribution is -2.22. The second-order valence-electron chi connectivity index (χ2n) is 6.76. The third kappa shape index (κ3) is 6.00. The van der Waals surface area contributed by atoms with Gasteiger partial charge in [-0.15, -0.1) is 11.8 Å². The Bertz CT molecular complexity index is 1310. The smallest absolute Gasteiger partial charge is 0.325 e. The van der Waals surface area contributed by atoms with Gasteiger partial charge in [-0.3, -0.25) is 9.59 Å². The van der Waals surface area contributed by atoms with Crippen LogP contribution in [0.25, 0.3) is 10.2 Å². The minimum atomic E-state index is -3.52. The maximum Gasteiger partial charge on any atom is 0.325 e. The van der Waals surface area contributed by atoms with Crippen LogP contribution in [-0.4, -0.2) is 44.0 Å². The maximum atomic E-state index is 12.5. The molecule has 0 saturated carbocycles. The summed E-state index contributed by atoms with van der Waals surface area (Å²) in [4.78, 5) is 30.1. The van der Waals surface area contributed by atoms with Gasteiger partial charge in [0.1, 0.15) is 6.54 Å². The van der Waals surface area contributed by atoms with Crippen molar-refractivity contribution in [3.05, 3.63) is 52.3 Å². The topological polar surface area (TPSA) is 94.8 Å². The monoisotopic (exact) mass is 512 g/mol. The summed E-state index contributed by atoms with van der Waals surface area (Å²) in [5, 5.41) is 0.450. The van der Waals surface area contributed by atoms with E-state index in [0.717, 1.165) is 15.1 Å². The molecule has 2 aromatic carbocycles. The molecular formula is C21H21ClN2O5S3. The van der Waals surface area contributed by atoms with Gasteiger partial charge in [-0.1, -0.05) is 22.9 Å². The van der Waals surface area contributed by atoms with Crippen LogP contribution in [0.15, 0.2) is 57.2 Å². The van der Waals surface area contributed by atoms with E-state index in [4.69, 9.17) is 16.3 Å². The molecule has 0 atom stereocenters. The highest BCUT2D eigenvalue weighted by Gasteiger charge is 2.16. The van der Waals surface area contributed by atoms with Crippen LogP contribution in [0.5, 0.6) is 0 Å². The number of hydrogen-bond acceptors (Lipinski definition) is 7. The quantitative estimate of drug-likeness (QED) is 0.335. The second kappa shape index (κ2) is 10.7. The fraction of sp³-hybridized carbons (Fsp3) is 0.286. The van der Waals surface area contributed by atoms with E-state index >= 15 is 0 Å². The molecule has 0 aliphatic carbocycles. The van der Waals surface area contributed by atoms with Crippen molar-refractivity contribution in [2.45, 2.75) is 29.2 Å². The summed E-state index contributed by atoms with van der Waals surface area (Å²) in [5.74, 6) is -1.09. The zero-order valence-electron chi connectivity index (χ0n) is 17.4. The van der Waals surface area contributed by atoms with Gasteiger partial charge in [-0.05, 0) is 55.1 Å². The third-order valence-corrected chi connectivity index (χ3v) is 8.44. The predicted molar refractivity (Wildman–Crippen MR) is 127 cm³/mol.